The van der Waals surface area contributed by atoms with Gasteiger partial charge in [0.15, 0.2) is 0 Å². The molecule has 1 atom stereocenters. The minimum absolute atomic E-state index is 0. The van der Waals surface area contributed by atoms with Gasteiger partial charge in [-0.15, -0.1) is 0 Å². The van der Waals surface area contributed by atoms with Crippen molar-refractivity contribution in [2.75, 3.05) is 7.11 Å². The van der Waals surface area contributed by atoms with Crippen LogP contribution in [0.4, 0.5) is 0 Å². The molecule has 0 bridgehead atoms. The summed E-state index contributed by atoms with van der Waals surface area (Å²) in [6, 6.07) is 0. The van der Waals surface area contributed by atoms with Gasteiger partial charge in [-0.3, -0.25) is 0 Å². The van der Waals surface area contributed by atoms with Crippen LogP contribution in [0.25, 0.3) is 0 Å². The van der Waals surface area contributed by atoms with Crippen LogP contribution in [0.2, 0.25) is 0 Å². The first-order valence-corrected chi connectivity index (χ1v) is 6.91. The monoisotopic (exact) mass is 322 g/mol. The Morgan fingerprint density at radius 2 is 1.71 bits per heavy atom. The Labute approximate surface area is 139 Å². The number of rotatable bonds is 2. The minimum atomic E-state index is 0. The van der Waals surface area contributed by atoms with Crippen molar-refractivity contribution in [3.8, 4) is 0 Å². The molecule has 0 aromatic carbocycles. The summed E-state index contributed by atoms with van der Waals surface area (Å²) in [6.07, 6.45) is 20.7. The summed E-state index contributed by atoms with van der Waals surface area (Å²) in [6.45, 7) is 8.56. The fraction of sp³-hybridized carbons (Fsp3) is 0.263. The molecule has 2 heteroatoms. The van der Waals surface area contributed by atoms with Crippen molar-refractivity contribution < 1.29 is 21.8 Å². The number of hydrogen-bond acceptors (Lipinski definition) is 1. The molecule has 0 aromatic rings. The normalized spacial score (nSPS) is 24.1. The van der Waals surface area contributed by atoms with E-state index in [1.165, 1.54) is 5.57 Å². The van der Waals surface area contributed by atoms with Gasteiger partial charge in [0.2, 0.25) is 0 Å². The first-order valence-electron chi connectivity index (χ1n) is 6.91. The Balaban J connectivity index is 0.000000313. The van der Waals surface area contributed by atoms with E-state index >= 15 is 0 Å². The van der Waals surface area contributed by atoms with Crippen molar-refractivity contribution in [3.63, 3.8) is 0 Å². The molecule has 2 radical (unpaired) electrons. The van der Waals surface area contributed by atoms with Crippen LogP contribution in [-0.2, 0) is 21.8 Å². The van der Waals surface area contributed by atoms with Gasteiger partial charge in [0, 0.05) is 41.2 Å². The van der Waals surface area contributed by atoms with Gasteiger partial charge in [-0.1, -0.05) is 63.0 Å². The van der Waals surface area contributed by atoms with Crippen molar-refractivity contribution in [2.24, 2.45) is 11.3 Å². The van der Waals surface area contributed by atoms with Gasteiger partial charge in [0.05, 0.1) is 7.11 Å². The third kappa shape index (κ3) is 3.90. The SMILES string of the molecule is C=C1C(OC)=C[C@@H](C2=C[CH]C=C2)C1(C)C.[CH]1C=CC=C1.[Fe]. The molecule has 0 fully saturated rings. The van der Waals surface area contributed by atoms with Gasteiger partial charge in [-0.2, -0.15) is 0 Å². The van der Waals surface area contributed by atoms with Crippen LogP contribution < -0.4 is 0 Å². The van der Waals surface area contributed by atoms with E-state index in [-0.39, 0.29) is 22.5 Å². The van der Waals surface area contributed by atoms with Gasteiger partial charge >= 0.3 is 0 Å². The van der Waals surface area contributed by atoms with Crippen LogP contribution >= 0.6 is 0 Å². The molecule has 0 N–H and O–H groups in total. The standard InChI is InChI=1S/C14H17O.C5H5.Fe/c1-10-13(15-4)9-12(14(10,2)3)11-7-5-6-8-11;1-2-4-5-3-1;/h5-9,12H,1H2,2-4H3;1-5H;/t12-;;/m0../s1. The smallest absolute Gasteiger partial charge is 0.118 e. The van der Waals surface area contributed by atoms with Crippen LogP contribution in [0.3, 0.4) is 0 Å². The second-order valence-electron chi connectivity index (χ2n) is 5.59. The Morgan fingerprint density at radius 1 is 1.05 bits per heavy atom. The third-order valence-corrected chi connectivity index (χ3v) is 3.99. The van der Waals surface area contributed by atoms with Crippen LogP contribution in [0.1, 0.15) is 13.8 Å². The average Bonchev–Trinajstić information content (AvgIpc) is 3.16. The summed E-state index contributed by atoms with van der Waals surface area (Å²) in [4.78, 5) is 0. The van der Waals surface area contributed by atoms with Crippen molar-refractivity contribution in [1.82, 2.24) is 0 Å². The Hall–Kier alpha value is -1.24. The molecule has 0 saturated heterocycles. The predicted octanol–water partition coefficient (Wildman–Crippen LogP) is 4.74. The maximum atomic E-state index is 5.35. The first-order chi connectivity index (χ1) is 9.57. The summed E-state index contributed by atoms with van der Waals surface area (Å²) in [7, 11) is 1.71. The minimum Gasteiger partial charge on any atom is -0.497 e. The van der Waals surface area contributed by atoms with E-state index in [4.69, 9.17) is 4.74 Å². The van der Waals surface area contributed by atoms with E-state index in [1.54, 1.807) is 7.11 Å². The van der Waals surface area contributed by atoms with E-state index in [0.717, 1.165) is 11.3 Å². The number of hydrogen-bond donors (Lipinski definition) is 0. The predicted molar refractivity (Wildman–Crippen MR) is 85.6 cm³/mol. The van der Waals surface area contributed by atoms with E-state index in [0.29, 0.717) is 5.92 Å². The van der Waals surface area contributed by atoms with Crippen LogP contribution in [0, 0.1) is 24.2 Å². The molecular formula is C19H22FeO. The maximum absolute atomic E-state index is 5.35. The maximum Gasteiger partial charge on any atom is 0.118 e. The van der Waals surface area contributed by atoms with Gasteiger partial charge in [0.25, 0.3) is 0 Å². The second kappa shape index (κ2) is 7.68. The number of allylic oxidation sites excluding steroid dienone is 10. The summed E-state index contributed by atoms with van der Waals surface area (Å²) in [5.74, 6) is 1.32. The van der Waals surface area contributed by atoms with Gasteiger partial charge < -0.3 is 4.74 Å². The van der Waals surface area contributed by atoms with Crippen molar-refractivity contribution >= 4 is 0 Å². The molecule has 21 heavy (non-hydrogen) atoms. The Kier molecular flexibility index (Phi) is 6.51. The van der Waals surface area contributed by atoms with E-state index in [2.05, 4.69) is 51.2 Å². The summed E-state index contributed by atoms with van der Waals surface area (Å²) in [5.41, 5.74) is 2.49. The number of methoxy groups -OCH3 is 1. The van der Waals surface area contributed by atoms with Gasteiger partial charge in [-0.05, 0) is 17.2 Å². The average molecular weight is 322 g/mol. The summed E-state index contributed by atoms with van der Waals surface area (Å²) < 4.78 is 5.35. The van der Waals surface area contributed by atoms with E-state index in [1.807, 2.05) is 30.7 Å². The molecule has 0 aliphatic heterocycles. The molecule has 3 aliphatic rings. The third-order valence-electron chi connectivity index (χ3n) is 3.99. The molecule has 0 unspecified atom stereocenters. The van der Waals surface area contributed by atoms with E-state index in [9.17, 15) is 0 Å². The summed E-state index contributed by atoms with van der Waals surface area (Å²) >= 11 is 0. The number of ether oxygens (including phenoxy) is 1. The van der Waals surface area contributed by atoms with Gasteiger partial charge in [0.1, 0.15) is 5.76 Å². The quantitative estimate of drug-likeness (QED) is 0.667. The molecule has 3 rings (SSSR count). The fourth-order valence-corrected chi connectivity index (χ4v) is 2.59. The van der Waals surface area contributed by atoms with Crippen LogP contribution in [0.5, 0.6) is 0 Å². The second-order valence-corrected chi connectivity index (χ2v) is 5.59. The van der Waals surface area contributed by atoms with Gasteiger partial charge in [-0.25, -0.2) is 0 Å². The first kappa shape index (κ1) is 17.8. The molecule has 3 aliphatic carbocycles. The zero-order valence-electron chi connectivity index (χ0n) is 12.8. The fourth-order valence-electron chi connectivity index (χ4n) is 2.59. The van der Waals surface area contributed by atoms with Crippen molar-refractivity contribution in [2.45, 2.75) is 13.8 Å². The zero-order chi connectivity index (χ0) is 14.6. The molecule has 0 amide bonds. The largest absolute Gasteiger partial charge is 0.497 e. The van der Waals surface area contributed by atoms with Crippen molar-refractivity contribution in [3.05, 3.63) is 84.9 Å². The zero-order valence-corrected chi connectivity index (χ0v) is 13.9. The molecule has 0 saturated carbocycles. The van der Waals surface area contributed by atoms with Crippen LogP contribution in [0.15, 0.2) is 72.1 Å². The molecule has 0 aromatic heterocycles. The molecule has 0 spiro atoms. The summed E-state index contributed by atoms with van der Waals surface area (Å²) in [5, 5.41) is 0. The Morgan fingerprint density at radius 3 is 2.10 bits per heavy atom. The molecule has 0 heterocycles. The molecule has 1 nitrogen and oxygen atoms in total. The molecule has 112 valence electrons. The van der Waals surface area contributed by atoms with Crippen molar-refractivity contribution in [1.29, 1.82) is 0 Å². The topological polar surface area (TPSA) is 9.23 Å². The molecular weight excluding hydrogens is 300 g/mol. The van der Waals surface area contributed by atoms with E-state index < -0.39 is 0 Å². The van der Waals surface area contributed by atoms with Crippen LogP contribution in [-0.4, -0.2) is 7.11 Å². The Bertz CT molecular complexity index is 520.